The summed E-state index contributed by atoms with van der Waals surface area (Å²) in [6.07, 6.45) is 5.36. The molecule has 1 aromatic heterocycles. The minimum absolute atomic E-state index is 0.0392. The zero-order valence-electron chi connectivity index (χ0n) is 14.5. The third-order valence-corrected chi connectivity index (χ3v) is 4.55. The van der Waals surface area contributed by atoms with Gasteiger partial charge in [-0.15, -0.1) is 0 Å². The van der Waals surface area contributed by atoms with Crippen molar-refractivity contribution in [2.75, 3.05) is 23.3 Å². The molecule has 5 heteroatoms. The maximum atomic E-state index is 12.8. The van der Waals surface area contributed by atoms with Crippen molar-refractivity contribution < 1.29 is 4.79 Å². The van der Waals surface area contributed by atoms with Gasteiger partial charge in [0, 0.05) is 31.2 Å². The molecule has 1 aliphatic rings. The van der Waals surface area contributed by atoms with Crippen LogP contribution >= 0.6 is 0 Å². The lowest BCUT2D eigenvalue weighted by atomic mass is 9.96. The molecule has 1 N–H and O–H groups in total. The van der Waals surface area contributed by atoms with Crippen LogP contribution in [-0.4, -0.2) is 29.0 Å². The molecule has 1 aromatic carbocycles. The zero-order chi connectivity index (χ0) is 17.1. The Hall–Kier alpha value is -2.43. The number of hydrogen-bond donors (Lipinski definition) is 1. The highest BCUT2D eigenvalue weighted by Gasteiger charge is 2.27. The molecule has 24 heavy (non-hydrogen) atoms. The van der Waals surface area contributed by atoms with E-state index in [1.54, 1.807) is 18.5 Å². The van der Waals surface area contributed by atoms with Crippen LogP contribution in [0.2, 0.25) is 0 Å². The van der Waals surface area contributed by atoms with Gasteiger partial charge in [0.05, 0.1) is 5.92 Å². The van der Waals surface area contributed by atoms with Gasteiger partial charge in [-0.25, -0.2) is 9.97 Å². The molecule has 0 bridgehead atoms. The van der Waals surface area contributed by atoms with E-state index in [0.29, 0.717) is 12.5 Å². The molecule has 1 amide bonds. The Morgan fingerprint density at radius 2 is 1.83 bits per heavy atom. The van der Waals surface area contributed by atoms with E-state index < -0.39 is 0 Å². The van der Waals surface area contributed by atoms with Gasteiger partial charge in [0.1, 0.15) is 0 Å². The normalized spacial score (nSPS) is 17.6. The molecular weight excluding hydrogens is 300 g/mol. The summed E-state index contributed by atoms with van der Waals surface area (Å²) in [7, 11) is 0. The van der Waals surface area contributed by atoms with Crippen molar-refractivity contribution in [1.82, 2.24) is 9.97 Å². The number of anilines is 2. The lowest BCUT2D eigenvalue weighted by Gasteiger charge is -2.32. The summed E-state index contributed by atoms with van der Waals surface area (Å²) in [5.41, 5.74) is 4.38. The Bertz CT molecular complexity index is 706. The van der Waals surface area contributed by atoms with E-state index in [0.717, 1.165) is 36.2 Å². The topological polar surface area (TPSA) is 58.1 Å². The highest BCUT2D eigenvalue weighted by Crippen LogP contribution is 2.25. The molecule has 3 rings (SSSR count). The van der Waals surface area contributed by atoms with Gasteiger partial charge in [-0.1, -0.05) is 17.7 Å². The number of carbonyl (C=O) groups excluding carboxylic acids is 1. The highest BCUT2D eigenvalue weighted by atomic mass is 16.1. The Labute approximate surface area is 143 Å². The molecule has 0 aliphatic carbocycles. The van der Waals surface area contributed by atoms with Crippen molar-refractivity contribution in [2.24, 2.45) is 5.92 Å². The average Bonchev–Trinajstić information content (AvgIpc) is 2.59. The first kappa shape index (κ1) is 16.4. The molecule has 2 heterocycles. The van der Waals surface area contributed by atoms with E-state index in [4.69, 9.17) is 0 Å². The monoisotopic (exact) mass is 324 g/mol. The summed E-state index contributed by atoms with van der Waals surface area (Å²) in [6.45, 7) is 7.72. The number of aromatic nitrogens is 2. The number of nitrogens with zero attached hydrogens (tertiary/aromatic N) is 3. The van der Waals surface area contributed by atoms with Crippen LogP contribution in [0.15, 0.2) is 30.6 Å². The molecule has 1 unspecified atom stereocenters. The predicted molar refractivity (Wildman–Crippen MR) is 96.3 cm³/mol. The quantitative estimate of drug-likeness (QED) is 0.941. The minimum atomic E-state index is -0.0392. The van der Waals surface area contributed by atoms with Gasteiger partial charge in [-0.3, -0.25) is 4.79 Å². The molecule has 1 aliphatic heterocycles. The number of aryl methyl sites for hydroxylation is 3. The Kier molecular flexibility index (Phi) is 4.79. The summed E-state index contributed by atoms with van der Waals surface area (Å²) in [5.74, 6) is 0.756. The maximum absolute atomic E-state index is 12.8. The molecule has 0 radical (unpaired) electrons. The van der Waals surface area contributed by atoms with Crippen LogP contribution in [0.4, 0.5) is 11.6 Å². The standard InChI is InChI=1S/C19H24N4O/c1-13-10-14(2)17(15(3)11-13)22-18(24)16-6-4-9-23(12-16)19-20-7-5-8-21-19/h5,7-8,10-11,16H,4,6,9,12H2,1-3H3,(H,22,24). The second kappa shape index (κ2) is 6.99. The number of nitrogens with one attached hydrogen (secondary N) is 1. The summed E-state index contributed by atoms with van der Waals surface area (Å²) in [5, 5.41) is 3.14. The maximum Gasteiger partial charge on any atom is 0.229 e. The Morgan fingerprint density at radius 3 is 2.50 bits per heavy atom. The minimum Gasteiger partial charge on any atom is -0.340 e. The van der Waals surface area contributed by atoms with Crippen LogP contribution in [-0.2, 0) is 4.79 Å². The van der Waals surface area contributed by atoms with Gasteiger partial charge in [0.15, 0.2) is 0 Å². The third kappa shape index (κ3) is 3.55. The van der Waals surface area contributed by atoms with E-state index in [2.05, 4.69) is 39.2 Å². The number of hydrogen-bond acceptors (Lipinski definition) is 4. The van der Waals surface area contributed by atoms with Gasteiger partial charge in [0.2, 0.25) is 11.9 Å². The highest BCUT2D eigenvalue weighted by molar-refractivity contribution is 5.94. The molecule has 126 valence electrons. The lowest BCUT2D eigenvalue weighted by molar-refractivity contribution is -0.120. The largest absolute Gasteiger partial charge is 0.340 e. The van der Waals surface area contributed by atoms with Gasteiger partial charge < -0.3 is 10.2 Å². The number of amides is 1. The average molecular weight is 324 g/mol. The Morgan fingerprint density at radius 1 is 1.17 bits per heavy atom. The third-order valence-electron chi connectivity index (χ3n) is 4.55. The van der Waals surface area contributed by atoms with Crippen LogP contribution < -0.4 is 10.2 Å². The zero-order valence-corrected chi connectivity index (χ0v) is 14.5. The van der Waals surface area contributed by atoms with Crippen molar-refractivity contribution in [3.63, 3.8) is 0 Å². The van der Waals surface area contributed by atoms with Crippen LogP contribution in [0.25, 0.3) is 0 Å². The van der Waals surface area contributed by atoms with Crippen molar-refractivity contribution in [3.05, 3.63) is 47.3 Å². The number of carbonyl (C=O) groups is 1. The number of benzene rings is 1. The van der Waals surface area contributed by atoms with Crippen molar-refractivity contribution in [2.45, 2.75) is 33.6 Å². The van der Waals surface area contributed by atoms with E-state index in [-0.39, 0.29) is 11.8 Å². The van der Waals surface area contributed by atoms with E-state index >= 15 is 0 Å². The SMILES string of the molecule is Cc1cc(C)c(NC(=O)C2CCCN(c3ncccn3)C2)c(C)c1. The van der Waals surface area contributed by atoms with Crippen LogP contribution in [0.3, 0.4) is 0 Å². The predicted octanol–water partition coefficient (Wildman–Crippen LogP) is 3.26. The molecule has 0 spiro atoms. The van der Waals surface area contributed by atoms with Crippen molar-refractivity contribution in [1.29, 1.82) is 0 Å². The molecule has 1 fully saturated rings. The molecule has 1 saturated heterocycles. The van der Waals surface area contributed by atoms with Crippen LogP contribution in [0.5, 0.6) is 0 Å². The summed E-state index contributed by atoms with van der Waals surface area (Å²) >= 11 is 0. The van der Waals surface area contributed by atoms with Gasteiger partial charge >= 0.3 is 0 Å². The fourth-order valence-electron chi connectivity index (χ4n) is 3.43. The summed E-state index contributed by atoms with van der Waals surface area (Å²) in [4.78, 5) is 23.5. The number of piperidine rings is 1. The van der Waals surface area contributed by atoms with Crippen molar-refractivity contribution in [3.8, 4) is 0 Å². The Balaban J connectivity index is 1.71. The van der Waals surface area contributed by atoms with Gasteiger partial charge in [-0.2, -0.15) is 0 Å². The molecule has 2 aromatic rings. The van der Waals surface area contributed by atoms with Crippen molar-refractivity contribution >= 4 is 17.5 Å². The fourth-order valence-corrected chi connectivity index (χ4v) is 3.43. The first-order valence-corrected chi connectivity index (χ1v) is 8.45. The van der Waals surface area contributed by atoms with E-state index in [1.165, 1.54) is 5.56 Å². The van der Waals surface area contributed by atoms with Crippen LogP contribution in [0, 0.1) is 26.7 Å². The van der Waals surface area contributed by atoms with Crippen LogP contribution in [0.1, 0.15) is 29.5 Å². The molecule has 1 atom stereocenters. The lowest BCUT2D eigenvalue weighted by Crippen LogP contribution is -2.41. The fraction of sp³-hybridized carbons (Fsp3) is 0.421. The first-order chi connectivity index (χ1) is 11.5. The second-order valence-corrected chi connectivity index (χ2v) is 6.60. The summed E-state index contributed by atoms with van der Waals surface area (Å²) in [6, 6.07) is 6.02. The molecule has 0 saturated carbocycles. The second-order valence-electron chi connectivity index (χ2n) is 6.60. The van der Waals surface area contributed by atoms with Gasteiger partial charge in [0.25, 0.3) is 0 Å². The molecular formula is C19H24N4O. The first-order valence-electron chi connectivity index (χ1n) is 8.45. The van der Waals surface area contributed by atoms with E-state index in [1.807, 2.05) is 13.8 Å². The van der Waals surface area contributed by atoms with E-state index in [9.17, 15) is 4.79 Å². The molecule has 5 nitrogen and oxygen atoms in total. The smallest absolute Gasteiger partial charge is 0.229 e. The number of rotatable bonds is 3. The van der Waals surface area contributed by atoms with Gasteiger partial charge in [-0.05, 0) is 50.8 Å². The summed E-state index contributed by atoms with van der Waals surface area (Å²) < 4.78 is 0.